The van der Waals surface area contributed by atoms with Gasteiger partial charge in [-0.05, 0) is 34.2 Å². The summed E-state index contributed by atoms with van der Waals surface area (Å²) in [6.45, 7) is 5.99. The molecule has 0 bridgehead atoms. The zero-order valence-corrected chi connectivity index (χ0v) is 9.92. The summed E-state index contributed by atoms with van der Waals surface area (Å²) in [6.07, 6.45) is 0. The van der Waals surface area contributed by atoms with Gasteiger partial charge in [0.15, 0.2) is 0 Å². The molecule has 2 N–H and O–H groups in total. The average molecular weight is 231 g/mol. The highest BCUT2D eigenvalue weighted by atomic mass is 15.2. The number of hydrogen-bond donors (Lipinski definition) is 1. The maximum atomic E-state index is 8.46. The third-order valence-corrected chi connectivity index (χ3v) is 2.31. The maximum Gasteiger partial charge on any atom is 0.0612 e. The quantitative estimate of drug-likeness (QED) is 0.343. The predicted molar refractivity (Wildman–Crippen MR) is 67.2 cm³/mol. The molecule has 0 atom stereocenters. The van der Waals surface area contributed by atoms with Crippen molar-refractivity contribution in [3.05, 3.63) is 38.6 Å². The third kappa shape index (κ3) is 2.81. The van der Waals surface area contributed by atoms with E-state index >= 15 is 0 Å². The lowest BCUT2D eigenvalue weighted by molar-refractivity contribution is 0.590. The van der Waals surface area contributed by atoms with Crippen LogP contribution in [0.1, 0.15) is 26.3 Å². The molecule has 0 amide bonds. The Balaban J connectivity index is 3.57. The number of anilines is 1. The van der Waals surface area contributed by atoms with Crippen molar-refractivity contribution in [1.29, 1.82) is 0 Å². The predicted octanol–water partition coefficient (Wildman–Crippen LogP) is 4.45. The van der Waals surface area contributed by atoms with E-state index < -0.39 is 0 Å². The Kier molecular flexibility index (Phi) is 3.48. The van der Waals surface area contributed by atoms with Gasteiger partial charge >= 0.3 is 0 Å². The van der Waals surface area contributed by atoms with Crippen LogP contribution < -0.4 is 5.73 Å². The van der Waals surface area contributed by atoms with Crippen LogP contribution in [0.5, 0.6) is 0 Å². The van der Waals surface area contributed by atoms with Gasteiger partial charge in [0, 0.05) is 9.82 Å². The van der Waals surface area contributed by atoms with Gasteiger partial charge in [0.2, 0.25) is 0 Å². The van der Waals surface area contributed by atoms with Gasteiger partial charge in [-0.25, -0.2) is 0 Å². The molecule has 7 nitrogen and oxygen atoms in total. The molecule has 1 aromatic rings. The second-order valence-electron chi connectivity index (χ2n) is 4.56. The molecule has 0 radical (unpaired) electrons. The number of nitrogen functional groups attached to an aromatic ring is 1. The molecular formula is C10H13N7. The fourth-order valence-electron chi connectivity index (χ4n) is 1.32. The molecule has 0 aliphatic rings. The molecule has 7 heteroatoms. The first kappa shape index (κ1) is 12.7. The smallest absolute Gasteiger partial charge is 0.0612 e. The van der Waals surface area contributed by atoms with Crippen LogP contribution in [-0.4, -0.2) is 0 Å². The lowest BCUT2D eigenvalue weighted by atomic mass is 9.86. The monoisotopic (exact) mass is 231 g/mol. The largest absolute Gasteiger partial charge is 0.398 e. The molecule has 17 heavy (non-hydrogen) atoms. The molecule has 0 aliphatic heterocycles. The van der Waals surface area contributed by atoms with Crippen LogP contribution in [0.4, 0.5) is 17.1 Å². The highest BCUT2D eigenvalue weighted by Gasteiger charge is 2.16. The number of hydrogen-bond acceptors (Lipinski definition) is 3. The van der Waals surface area contributed by atoms with Crippen LogP contribution >= 0.6 is 0 Å². The molecule has 0 aliphatic carbocycles. The van der Waals surface area contributed by atoms with Crippen LogP contribution in [0.15, 0.2) is 22.4 Å². The highest BCUT2D eigenvalue weighted by molar-refractivity contribution is 5.77. The zero-order valence-electron chi connectivity index (χ0n) is 9.92. The van der Waals surface area contributed by atoms with Crippen molar-refractivity contribution in [2.75, 3.05) is 5.73 Å². The summed E-state index contributed by atoms with van der Waals surface area (Å²) in [6, 6.07) is 3.40. The molecule has 0 heterocycles. The van der Waals surface area contributed by atoms with Gasteiger partial charge < -0.3 is 5.73 Å². The first-order valence-electron chi connectivity index (χ1n) is 4.94. The second kappa shape index (κ2) is 4.65. The summed E-state index contributed by atoms with van der Waals surface area (Å²) in [7, 11) is 0. The molecule has 0 saturated heterocycles. The summed E-state index contributed by atoms with van der Waals surface area (Å²) in [5.41, 5.74) is 24.1. The minimum atomic E-state index is -0.160. The van der Waals surface area contributed by atoms with Crippen LogP contribution in [0.3, 0.4) is 0 Å². The van der Waals surface area contributed by atoms with Crippen molar-refractivity contribution in [2.45, 2.75) is 26.2 Å². The van der Waals surface area contributed by atoms with Crippen molar-refractivity contribution >= 4 is 17.1 Å². The normalized spacial score (nSPS) is 10.3. The van der Waals surface area contributed by atoms with Crippen LogP contribution in [-0.2, 0) is 5.41 Å². The molecule has 0 aromatic heterocycles. The topological polar surface area (TPSA) is 124 Å². The first-order valence-corrected chi connectivity index (χ1v) is 4.94. The Bertz CT molecular complexity index is 489. The zero-order chi connectivity index (χ0) is 13.1. The maximum absolute atomic E-state index is 8.46. The molecular weight excluding hydrogens is 218 g/mol. The van der Waals surface area contributed by atoms with Crippen molar-refractivity contribution in [2.24, 2.45) is 10.2 Å². The Hall–Kier alpha value is -2.36. The second-order valence-corrected chi connectivity index (χ2v) is 4.56. The summed E-state index contributed by atoms with van der Waals surface area (Å²) >= 11 is 0. The van der Waals surface area contributed by atoms with Gasteiger partial charge in [-0.2, -0.15) is 0 Å². The van der Waals surface area contributed by atoms with Gasteiger partial charge in [-0.3, -0.25) is 0 Å². The molecule has 1 rings (SSSR count). The highest BCUT2D eigenvalue weighted by Crippen LogP contribution is 2.38. The standard InChI is InChI=1S/C10H13N7/c1-10(2,3)6-4-7(14-16-12)9(11)8(5-6)15-17-13/h4-5H,11H2,1-3H3. The average Bonchev–Trinajstić information content (AvgIpc) is 2.22. The Morgan fingerprint density at radius 1 is 1.06 bits per heavy atom. The van der Waals surface area contributed by atoms with Gasteiger partial charge in [-0.15, -0.1) is 0 Å². The van der Waals surface area contributed by atoms with Gasteiger partial charge in [0.25, 0.3) is 0 Å². The fourth-order valence-corrected chi connectivity index (χ4v) is 1.32. The molecule has 0 fully saturated rings. The van der Waals surface area contributed by atoms with Gasteiger partial charge in [0.05, 0.1) is 17.1 Å². The number of azide groups is 2. The van der Waals surface area contributed by atoms with E-state index in [0.717, 1.165) is 5.56 Å². The van der Waals surface area contributed by atoms with E-state index in [9.17, 15) is 0 Å². The summed E-state index contributed by atoms with van der Waals surface area (Å²) < 4.78 is 0. The van der Waals surface area contributed by atoms with E-state index in [2.05, 4.69) is 20.1 Å². The Morgan fingerprint density at radius 2 is 1.47 bits per heavy atom. The van der Waals surface area contributed by atoms with Crippen molar-refractivity contribution in [3.8, 4) is 0 Å². The lowest BCUT2D eigenvalue weighted by Gasteiger charge is -2.20. The molecule has 1 aromatic carbocycles. The minimum absolute atomic E-state index is 0.160. The van der Waals surface area contributed by atoms with Crippen LogP contribution in [0.25, 0.3) is 20.9 Å². The molecule has 0 unspecified atom stereocenters. The van der Waals surface area contributed by atoms with Crippen LogP contribution in [0, 0.1) is 0 Å². The summed E-state index contributed by atoms with van der Waals surface area (Å²) in [4.78, 5) is 5.40. The summed E-state index contributed by atoms with van der Waals surface area (Å²) in [5, 5.41) is 6.99. The third-order valence-electron chi connectivity index (χ3n) is 2.31. The van der Waals surface area contributed by atoms with Crippen LogP contribution in [0.2, 0.25) is 0 Å². The first-order chi connectivity index (χ1) is 7.90. The summed E-state index contributed by atoms with van der Waals surface area (Å²) in [5.74, 6) is 0. The number of rotatable bonds is 2. The SMILES string of the molecule is CC(C)(C)c1cc(N=[N+]=[N-])c(N)c(N=[N+]=[N-])c1. The van der Waals surface area contributed by atoms with Crippen molar-refractivity contribution < 1.29 is 0 Å². The van der Waals surface area contributed by atoms with Crippen molar-refractivity contribution in [3.63, 3.8) is 0 Å². The number of nitrogens with two attached hydrogens (primary N) is 1. The van der Waals surface area contributed by atoms with Gasteiger partial charge in [-0.1, -0.05) is 31.0 Å². The minimum Gasteiger partial charge on any atom is -0.398 e. The lowest BCUT2D eigenvalue weighted by Crippen LogP contribution is -2.11. The molecule has 0 saturated carbocycles. The van der Waals surface area contributed by atoms with E-state index in [1.54, 1.807) is 12.1 Å². The van der Waals surface area contributed by atoms with Crippen molar-refractivity contribution in [1.82, 2.24) is 0 Å². The Morgan fingerprint density at radius 3 is 1.76 bits per heavy atom. The fraction of sp³-hybridized carbons (Fsp3) is 0.400. The van der Waals surface area contributed by atoms with Gasteiger partial charge in [0.1, 0.15) is 0 Å². The van der Waals surface area contributed by atoms with E-state index in [4.69, 9.17) is 16.8 Å². The number of nitrogens with zero attached hydrogens (tertiary/aromatic N) is 6. The van der Waals surface area contributed by atoms with E-state index in [-0.39, 0.29) is 22.5 Å². The number of benzene rings is 1. The Labute approximate surface area is 98.5 Å². The van der Waals surface area contributed by atoms with E-state index in [1.807, 2.05) is 20.8 Å². The molecule has 88 valence electrons. The van der Waals surface area contributed by atoms with E-state index in [1.165, 1.54) is 0 Å². The molecule has 0 spiro atoms. The van der Waals surface area contributed by atoms with E-state index in [0.29, 0.717) is 0 Å².